The number of halogens is 1. The highest BCUT2D eigenvalue weighted by Gasteiger charge is 2.16. The quantitative estimate of drug-likeness (QED) is 0.423. The third kappa shape index (κ3) is 6.60. The van der Waals surface area contributed by atoms with Crippen LogP contribution in [0, 0.1) is 0 Å². The van der Waals surface area contributed by atoms with E-state index >= 15 is 0 Å². The fourth-order valence-corrected chi connectivity index (χ4v) is 4.65. The zero-order valence-corrected chi connectivity index (χ0v) is 19.9. The largest absolute Gasteiger partial charge is 0.497 e. The Balaban J connectivity index is 1.70. The van der Waals surface area contributed by atoms with Crippen LogP contribution in [-0.2, 0) is 20.0 Å². The maximum Gasteiger partial charge on any atom is 0.261 e. The number of ether oxygens (including phenoxy) is 1. The zero-order valence-electron chi connectivity index (χ0n) is 17.5. The highest BCUT2D eigenvalue weighted by atomic mass is 35.5. The van der Waals surface area contributed by atoms with Crippen LogP contribution >= 0.6 is 11.6 Å². The fourth-order valence-electron chi connectivity index (χ4n) is 2.77. The fraction of sp³-hybridized carbons (Fsp3) is 0.0952. The molecule has 0 aromatic heterocycles. The van der Waals surface area contributed by atoms with Gasteiger partial charge in [-0.3, -0.25) is 14.2 Å². The van der Waals surface area contributed by atoms with Gasteiger partial charge in [0, 0.05) is 17.1 Å². The van der Waals surface area contributed by atoms with Gasteiger partial charge in [-0.15, -0.1) is 0 Å². The molecule has 0 spiro atoms. The third-order valence-corrected chi connectivity index (χ3v) is 6.60. The van der Waals surface area contributed by atoms with Crippen LogP contribution in [0.1, 0.15) is 10.4 Å². The van der Waals surface area contributed by atoms with Crippen molar-refractivity contribution in [2.75, 3.05) is 28.1 Å². The molecule has 3 rings (SSSR count). The van der Waals surface area contributed by atoms with Crippen LogP contribution in [0.4, 0.5) is 17.1 Å². The van der Waals surface area contributed by atoms with Gasteiger partial charge in [0.2, 0.25) is 10.0 Å². The highest BCUT2D eigenvalue weighted by molar-refractivity contribution is 7.92. The Morgan fingerprint density at radius 2 is 1.39 bits per heavy atom. The second-order valence-electron chi connectivity index (χ2n) is 6.88. The van der Waals surface area contributed by atoms with Gasteiger partial charge in [-0.05, 0) is 66.7 Å². The predicted molar refractivity (Wildman–Crippen MR) is 128 cm³/mol. The smallest absolute Gasteiger partial charge is 0.261 e. The highest BCUT2D eigenvalue weighted by Crippen LogP contribution is 2.24. The van der Waals surface area contributed by atoms with E-state index in [-0.39, 0.29) is 21.2 Å². The molecule has 9 nitrogen and oxygen atoms in total. The lowest BCUT2D eigenvalue weighted by atomic mass is 10.2. The Hall–Kier alpha value is -3.28. The van der Waals surface area contributed by atoms with Gasteiger partial charge in [0.15, 0.2) is 0 Å². The number of amides is 1. The number of hydrogen-bond donors (Lipinski definition) is 3. The topological polar surface area (TPSA) is 131 Å². The molecule has 0 heterocycles. The van der Waals surface area contributed by atoms with Gasteiger partial charge in [0.05, 0.1) is 28.8 Å². The van der Waals surface area contributed by atoms with Crippen molar-refractivity contribution >= 4 is 54.6 Å². The number of benzene rings is 3. The molecule has 33 heavy (non-hydrogen) atoms. The van der Waals surface area contributed by atoms with E-state index in [0.717, 1.165) is 6.26 Å². The molecule has 0 saturated carbocycles. The summed E-state index contributed by atoms with van der Waals surface area (Å²) < 4.78 is 57.6. The first-order chi connectivity index (χ1) is 15.5. The molecule has 12 heteroatoms. The second-order valence-corrected chi connectivity index (χ2v) is 10.7. The molecular formula is C21H20ClN3O6S2. The minimum Gasteiger partial charge on any atom is -0.497 e. The molecule has 0 atom stereocenters. The summed E-state index contributed by atoms with van der Waals surface area (Å²) >= 11 is 6.11. The van der Waals surface area contributed by atoms with Crippen LogP contribution in [0.2, 0.25) is 5.02 Å². The van der Waals surface area contributed by atoms with Crippen molar-refractivity contribution in [2.45, 2.75) is 4.90 Å². The van der Waals surface area contributed by atoms with Crippen LogP contribution < -0.4 is 19.5 Å². The van der Waals surface area contributed by atoms with Crippen molar-refractivity contribution in [1.82, 2.24) is 0 Å². The van der Waals surface area contributed by atoms with Crippen molar-refractivity contribution in [3.8, 4) is 5.75 Å². The van der Waals surface area contributed by atoms with Gasteiger partial charge in [0.1, 0.15) is 5.75 Å². The molecule has 3 N–H and O–H groups in total. The lowest BCUT2D eigenvalue weighted by molar-refractivity contribution is 0.102. The van der Waals surface area contributed by atoms with Gasteiger partial charge in [-0.1, -0.05) is 11.6 Å². The van der Waals surface area contributed by atoms with Crippen LogP contribution in [0.5, 0.6) is 5.75 Å². The third-order valence-electron chi connectivity index (χ3n) is 4.28. The number of carbonyl (C=O) groups excluding carboxylic acids is 1. The summed E-state index contributed by atoms with van der Waals surface area (Å²) in [6, 6.07) is 16.1. The SMILES string of the molecule is COc1ccc(NS(=O)(=O)c2ccc(NC(=O)c3ccc(NS(C)(=O)=O)cc3Cl)cc2)cc1. The molecule has 0 unspecified atom stereocenters. The normalized spacial score (nSPS) is 11.5. The Kier molecular flexibility index (Phi) is 7.15. The van der Waals surface area contributed by atoms with E-state index in [1.165, 1.54) is 49.6 Å². The summed E-state index contributed by atoms with van der Waals surface area (Å²) in [5.41, 5.74) is 1.06. The number of sulfonamides is 2. The standard InChI is InChI=1S/C21H20ClN3O6S2/c1-31-17-8-3-15(4-9-17)25-33(29,30)18-10-5-14(6-11-18)23-21(26)19-12-7-16(13-20(19)22)24-32(2,27)28/h3-13,24-25H,1-2H3,(H,23,26). The molecule has 0 fully saturated rings. The summed E-state index contributed by atoms with van der Waals surface area (Å²) in [6.45, 7) is 0. The van der Waals surface area contributed by atoms with E-state index in [0.29, 0.717) is 17.1 Å². The van der Waals surface area contributed by atoms with E-state index in [1.54, 1.807) is 24.3 Å². The average Bonchev–Trinajstić information content (AvgIpc) is 2.73. The van der Waals surface area contributed by atoms with Crippen LogP contribution in [0.3, 0.4) is 0 Å². The van der Waals surface area contributed by atoms with Crippen molar-refractivity contribution in [3.63, 3.8) is 0 Å². The van der Waals surface area contributed by atoms with E-state index in [1.807, 2.05) is 0 Å². The Labute approximate surface area is 196 Å². The van der Waals surface area contributed by atoms with Crippen molar-refractivity contribution in [1.29, 1.82) is 0 Å². The molecule has 1 amide bonds. The zero-order chi connectivity index (χ0) is 24.2. The van der Waals surface area contributed by atoms with Crippen molar-refractivity contribution < 1.29 is 26.4 Å². The first-order valence-electron chi connectivity index (χ1n) is 9.32. The maximum atomic E-state index is 12.6. The Morgan fingerprint density at radius 1 is 0.818 bits per heavy atom. The van der Waals surface area contributed by atoms with E-state index < -0.39 is 26.0 Å². The molecule has 0 aliphatic carbocycles. The van der Waals surface area contributed by atoms with Gasteiger partial charge in [-0.2, -0.15) is 0 Å². The summed E-state index contributed by atoms with van der Waals surface area (Å²) in [4.78, 5) is 12.5. The number of methoxy groups -OCH3 is 1. The average molecular weight is 510 g/mol. The summed E-state index contributed by atoms with van der Waals surface area (Å²) in [5.74, 6) is 0.0531. The summed E-state index contributed by atoms with van der Waals surface area (Å²) in [6.07, 6.45) is 0.998. The van der Waals surface area contributed by atoms with Gasteiger partial charge >= 0.3 is 0 Å². The van der Waals surface area contributed by atoms with Crippen molar-refractivity contribution in [2.24, 2.45) is 0 Å². The molecule has 174 valence electrons. The minimum atomic E-state index is -3.84. The molecule has 0 saturated heterocycles. The van der Waals surface area contributed by atoms with Crippen LogP contribution in [-0.4, -0.2) is 36.1 Å². The number of nitrogens with one attached hydrogen (secondary N) is 3. The van der Waals surface area contributed by atoms with Gasteiger partial charge < -0.3 is 10.1 Å². The second kappa shape index (κ2) is 9.69. The summed E-state index contributed by atoms with van der Waals surface area (Å²) in [7, 11) is -5.81. The monoisotopic (exact) mass is 509 g/mol. The molecule has 0 aliphatic heterocycles. The number of anilines is 3. The number of carbonyl (C=O) groups is 1. The molecule has 3 aromatic carbocycles. The molecule has 0 aliphatic rings. The van der Waals surface area contributed by atoms with E-state index in [9.17, 15) is 21.6 Å². The lowest BCUT2D eigenvalue weighted by Gasteiger charge is -2.11. The van der Waals surface area contributed by atoms with E-state index in [4.69, 9.17) is 16.3 Å². The predicted octanol–water partition coefficient (Wildman–Crippen LogP) is 3.77. The molecule has 0 bridgehead atoms. The molecule has 3 aromatic rings. The Morgan fingerprint density at radius 3 is 1.94 bits per heavy atom. The Bertz CT molecular complexity index is 1370. The first kappa shape index (κ1) is 24.4. The first-order valence-corrected chi connectivity index (χ1v) is 13.1. The number of rotatable bonds is 8. The van der Waals surface area contributed by atoms with Crippen LogP contribution in [0.25, 0.3) is 0 Å². The minimum absolute atomic E-state index is 0.00514. The van der Waals surface area contributed by atoms with Gasteiger partial charge in [0.25, 0.3) is 15.9 Å². The number of hydrogen-bond acceptors (Lipinski definition) is 6. The lowest BCUT2D eigenvalue weighted by Crippen LogP contribution is -2.15. The van der Waals surface area contributed by atoms with E-state index in [2.05, 4.69) is 14.8 Å². The van der Waals surface area contributed by atoms with Gasteiger partial charge in [-0.25, -0.2) is 16.8 Å². The van der Waals surface area contributed by atoms with Crippen molar-refractivity contribution in [3.05, 3.63) is 77.3 Å². The summed E-state index contributed by atoms with van der Waals surface area (Å²) in [5, 5.41) is 2.66. The molecule has 0 radical (unpaired) electrons. The maximum absolute atomic E-state index is 12.6. The van der Waals surface area contributed by atoms with Crippen LogP contribution in [0.15, 0.2) is 71.6 Å². The molecular weight excluding hydrogens is 490 g/mol.